The summed E-state index contributed by atoms with van der Waals surface area (Å²) in [6.45, 7) is 4.86. The minimum Gasteiger partial charge on any atom is -0.477 e. The summed E-state index contributed by atoms with van der Waals surface area (Å²) in [6, 6.07) is 0. The molecule has 0 spiro atoms. The Balaban J connectivity index is 4.09. The molecule has 0 radical (unpaired) electrons. The smallest absolute Gasteiger partial charge is 0.361 e. The lowest BCUT2D eigenvalue weighted by molar-refractivity contribution is -0.870. The SMILES string of the molecule is CCCC/C=C\C/C=C\CCCCCCCC(=O)OC(COC(=O)CCCCCCCCCCCCCCCCCCCCCCCCCCCCCCC)COC(OCC[N+](C)(C)C)C(=O)O. The van der Waals surface area contributed by atoms with Crippen LogP contribution in [-0.2, 0) is 33.3 Å². The molecule has 0 aliphatic heterocycles. The van der Waals surface area contributed by atoms with Gasteiger partial charge in [0.15, 0.2) is 6.10 Å². The van der Waals surface area contributed by atoms with Gasteiger partial charge in [-0.2, -0.15) is 0 Å². The van der Waals surface area contributed by atoms with Crippen LogP contribution in [0.2, 0.25) is 0 Å². The van der Waals surface area contributed by atoms with Crippen molar-refractivity contribution in [3.63, 3.8) is 0 Å². The Labute approximate surface area is 420 Å². The van der Waals surface area contributed by atoms with Crippen molar-refractivity contribution in [2.75, 3.05) is 47.5 Å². The van der Waals surface area contributed by atoms with Gasteiger partial charge in [0.1, 0.15) is 13.2 Å². The van der Waals surface area contributed by atoms with E-state index >= 15 is 0 Å². The molecule has 0 saturated heterocycles. The number of carboxylic acids is 1. The number of rotatable bonds is 54. The van der Waals surface area contributed by atoms with E-state index in [1.165, 1.54) is 180 Å². The first-order chi connectivity index (χ1) is 33.1. The molecule has 0 rings (SSSR count). The topological polar surface area (TPSA) is 108 Å². The van der Waals surface area contributed by atoms with E-state index < -0.39 is 24.3 Å². The quantitative estimate of drug-likeness (QED) is 0.0211. The molecule has 0 aliphatic rings. The minimum absolute atomic E-state index is 0.183. The van der Waals surface area contributed by atoms with Gasteiger partial charge >= 0.3 is 17.9 Å². The van der Waals surface area contributed by atoms with Gasteiger partial charge < -0.3 is 28.5 Å². The highest BCUT2D eigenvalue weighted by atomic mass is 16.7. The normalized spacial score (nSPS) is 12.9. The van der Waals surface area contributed by atoms with Crippen molar-refractivity contribution in [3.05, 3.63) is 24.3 Å². The molecule has 0 aromatic heterocycles. The molecule has 1 N–H and O–H groups in total. The van der Waals surface area contributed by atoms with E-state index in [0.29, 0.717) is 23.9 Å². The largest absolute Gasteiger partial charge is 0.477 e. The van der Waals surface area contributed by atoms with Crippen LogP contribution < -0.4 is 0 Å². The average Bonchev–Trinajstić information content (AvgIpc) is 3.30. The number of ether oxygens (including phenoxy) is 4. The molecule has 9 nitrogen and oxygen atoms in total. The monoisotopic (exact) mass is 963 g/mol. The maximum absolute atomic E-state index is 12.8. The molecule has 0 heterocycles. The second-order valence-electron chi connectivity index (χ2n) is 21.0. The van der Waals surface area contributed by atoms with Gasteiger partial charge in [0.2, 0.25) is 0 Å². The lowest BCUT2D eigenvalue weighted by Crippen LogP contribution is -2.40. The predicted molar refractivity (Wildman–Crippen MR) is 286 cm³/mol. The van der Waals surface area contributed by atoms with E-state index in [1.54, 1.807) is 0 Å². The van der Waals surface area contributed by atoms with Crippen LogP contribution in [0.5, 0.6) is 0 Å². The number of esters is 2. The Hall–Kier alpha value is -2.23. The number of unbranched alkanes of at least 4 members (excludes halogenated alkanes) is 35. The lowest BCUT2D eigenvalue weighted by atomic mass is 10.0. The van der Waals surface area contributed by atoms with Gasteiger partial charge in [-0.15, -0.1) is 0 Å². The number of carbonyl (C=O) groups is 3. The van der Waals surface area contributed by atoms with Crippen LogP contribution in [0, 0.1) is 0 Å². The Morgan fingerprint density at radius 1 is 0.441 bits per heavy atom. The van der Waals surface area contributed by atoms with E-state index in [2.05, 4.69) is 38.2 Å². The van der Waals surface area contributed by atoms with Gasteiger partial charge in [0, 0.05) is 12.8 Å². The maximum atomic E-state index is 12.8. The molecule has 0 fully saturated rings. The molecule has 0 bridgehead atoms. The summed E-state index contributed by atoms with van der Waals surface area (Å²) < 4.78 is 22.8. The highest BCUT2D eigenvalue weighted by molar-refractivity contribution is 5.71. The first-order valence-corrected chi connectivity index (χ1v) is 29.0. The van der Waals surface area contributed by atoms with Crippen molar-refractivity contribution >= 4 is 17.9 Å². The number of hydrogen-bond acceptors (Lipinski definition) is 7. The van der Waals surface area contributed by atoms with Gasteiger partial charge in [0.25, 0.3) is 6.29 Å². The second-order valence-corrected chi connectivity index (χ2v) is 21.0. The Bertz CT molecular complexity index is 1170. The number of aliphatic carboxylic acids is 1. The van der Waals surface area contributed by atoms with E-state index in [1.807, 2.05) is 21.1 Å². The maximum Gasteiger partial charge on any atom is 0.361 e. The van der Waals surface area contributed by atoms with Crippen LogP contribution in [0.25, 0.3) is 0 Å². The number of quaternary nitrogens is 1. The number of likely N-dealkylation sites (N-methyl/N-ethyl adjacent to an activating group) is 1. The molecule has 0 aromatic rings. The van der Waals surface area contributed by atoms with Crippen molar-refractivity contribution < 1.29 is 42.9 Å². The molecular weight excluding hydrogens is 851 g/mol. The number of nitrogens with zero attached hydrogens (tertiary/aromatic N) is 1. The molecule has 2 unspecified atom stereocenters. The Morgan fingerprint density at radius 3 is 1.21 bits per heavy atom. The van der Waals surface area contributed by atoms with Crippen LogP contribution in [0.4, 0.5) is 0 Å². The zero-order chi connectivity index (χ0) is 49.9. The van der Waals surface area contributed by atoms with E-state index in [9.17, 15) is 19.5 Å². The molecule has 0 aliphatic carbocycles. The summed E-state index contributed by atoms with van der Waals surface area (Å²) in [6.07, 6.45) is 57.0. The highest BCUT2D eigenvalue weighted by Crippen LogP contribution is 2.17. The fraction of sp³-hybridized carbons (Fsp3) is 0.881. The summed E-state index contributed by atoms with van der Waals surface area (Å²) >= 11 is 0. The molecular formula is C59H112NO8+. The van der Waals surface area contributed by atoms with Gasteiger partial charge in [-0.1, -0.05) is 250 Å². The third-order valence-electron chi connectivity index (χ3n) is 13.0. The lowest BCUT2D eigenvalue weighted by Gasteiger charge is -2.25. The molecule has 0 aromatic carbocycles. The Kier molecular flexibility index (Phi) is 49.5. The third kappa shape index (κ3) is 51.6. The molecule has 2 atom stereocenters. The summed E-state index contributed by atoms with van der Waals surface area (Å²) in [7, 11) is 5.97. The van der Waals surface area contributed by atoms with Gasteiger partial charge in [0.05, 0.1) is 34.4 Å². The average molecular weight is 964 g/mol. The van der Waals surface area contributed by atoms with Crippen molar-refractivity contribution in [3.8, 4) is 0 Å². The van der Waals surface area contributed by atoms with Crippen LogP contribution >= 0.6 is 0 Å². The molecule has 9 heteroatoms. The minimum atomic E-state index is -1.51. The third-order valence-corrected chi connectivity index (χ3v) is 13.0. The summed E-state index contributed by atoms with van der Waals surface area (Å²) in [4.78, 5) is 37.3. The van der Waals surface area contributed by atoms with Gasteiger partial charge in [-0.25, -0.2) is 4.79 Å². The molecule has 400 valence electrons. The summed E-state index contributed by atoms with van der Waals surface area (Å²) in [5, 5.41) is 9.68. The summed E-state index contributed by atoms with van der Waals surface area (Å²) in [5.74, 6) is -2.01. The first-order valence-electron chi connectivity index (χ1n) is 29.0. The zero-order valence-corrected chi connectivity index (χ0v) is 45.5. The van der Waals surface area contributed by atoms with Crippen LogP contribution in [0.3, 0.4) is 0 Å². The van der Waals surface area contributed by atoms with Crippen molar-refractivity contribution in [2.24, 2.45) is 0 Å². The van der Waals surface area contributed by atoms with Gasteiger partial charge in [-0.05, 0) is 38.5 Å². The predicted octanol–water partition coefficient (Wildman–Crippen LogP) is 16.7. The van der Waals surface area contributed by atoms with Crippen molar-refractivity contribution in [1.82, 2.24) is 0 Å². The highest BCUT2D eigenvalue weighted by Gasteiger charge is 2.25. The van der Waals surface area contributed by atoms with E-state index in [-0.39, 0.29) is 32.2 Å². The number of carboxylic acid groups (broad SMARTS) is 1. The molecule has 0 saturated carbocycles. The van der Waals surface area contributed by atoms with Crippen LogP contribution in [0.15, 0.2) is 24.3 Å². The van der Waals surface area contributed by atoms with Crippen molar-refractivity contribution in [1.29, 1.82) is 0 Å². The molecule has 0 amide bonds. The number of hydrogen-bond donors (Lipinski definition) is 1. The standard InChI is InChI=1S/C59H111NO8/c1-6-8-10-12-14-16-18-20-22-23-24-25-26-27-28-29-30-31-32-33-34-35-36-38-39-41-43-45-47-49-56(61)66-53-55(54-67-59(58(63)64)65-52-51-60(3,4)5)68-57(62)50-48-46-44-42-40-37-21-19-17-15-13-11-9-7-2/h13,15,19,21,55,59H,6-12,14,16-18,20,22-54H2,1-5H3/p+1/b15-13-,21-19-. The van der Waals surface area contributed by atoms with Crippen LogP contribution in [0.1, 0.15) is 277 Å². The van der Waals surface area contributed by atoms with E-state index in [4.69, 9.17) is 18.9 Å². The summed E-state index contributed by atoms with van der Waals surface area (Å²) in [5.41, 5.74) is 0. The number of carbonyl (C=O) groups excluding carboxylic acids is 2. The van der Waals surface area contributed by atoms with Crippen molar-refractivity contribution in [2.45, 2.75) is 289 Å². The van der Waals surface area contributed by atoms with Crippen LogP contribution in [-0.4, -0.2) is 87.4 Å². The fourth-order valence-corrected chi connectivity index (χ4v) is 8.44. The first kappa shape index (κ1) is 65.8. The van der Waals surface area contributed by atoms with E-state index in [0.717, 1.165) is 64.2 Å². The van der Waals surface area contributed by atoms with Gasteiger partial charge in [-0.3, -0.25) is 9.59 Å². The fourth-order valence-electron chi connectivity index (χ4n) is 8.44. The Morgan fingerprint density at radius 2 is 0.809 bits per heavy atom. The number of allylic oxidation sites excluding steroid dienone is 4. The second kappa shape index (κ2) is 51.1. The zero-order valence-electron chi connectivity index (χ0n) is 45.5. The molecule has 68 heavy (non-hydrogen) atoms.